The minimum atomic E-state index is -0.461. The molecular weight excluding hydrogens is 502 g/mol. The molecule has 1 atom stereocenters. The predicted octanol–water partition coefficient (Wildman–Crippen LogP) is 2.31. The molecule has 0 aliphatic carbocycles. The molecule has 0 spiro atoms. The SMILES string of the molecule is CN(C)CCOc1cnnc(-c2cccc(CNCCC3CN(c4ccc5c(n4)NC(=O)CO5)C(=O)O3)c2)c1. The maximum atomic E-state index is 12.5. The topological polar surface area (TPSA) is 131 Å². The smallest absolute Gasteiger partial charge is 0.415 e. The molecule has 1 aromatic carbocycles. The summed E-state index contributed by atoms with van der Waals surface area (Å²) in [7, 11) is 4.00. The number of nitrogens with zero attached hydrogens (tertiary/aromatic N) is 5. The first kappa shape index (κ1) is 26.3. The second kappa shape index (κ2) is 12.0. The van der Waals surface area contributed by atoms with Crippen LogP contribution in [-0.2, 0) is 16.1 Å². The number of nitrogens with one attached hydrogen (secondary N) is 2. The number of fused-ring (bicyclic) bond motifs is 1. The standard InChI is InChI=1S/C27H31N7O5/c1-33(2)10-11-37-21-13-22(32-29-15-21)19-5-3-4-18(12-19)14-28-9-8-20-16-34(27(36)39-20)24-7-6-23-26(30-24)31-25(35)17-38-23/h3-7,12-13,15,20,28H,8-11,14,16-17H2,1-2H3,(H,30,31,35). The zero-order valence-corrected chi connectivity index (χ0v) is 21.9. The fourth-order valence-corrected chi connectivity index (χ4v) is 4.21. The Bertz CT molecular complexity index is 1340. The van der Waals surface area contributed by atoms with E-state index < -0.39 is 6.09 Å². The molecule has 4 heterocycles. The summed E-state index contributed by atoms with van der Waals surface area (Å²) in [6, 6.07) is 13.4. The van der Waals surface area contributed by atoms with Gasteiger partial charge in [0.25, 0.3) is 5.91 Å². The Balaban J connectivity index is 1.11. The number of cyclic esters (lactones) is 1. The van der Waals surface area contributed by atoms with Crippen LogP contribution in [0.2, 0.25) is 0 Å². The van der Waals surface area contributed by atoms with Gasteiger partial charge in [0.1, 0.15) is 24.3 Å². The van der Waals surface area contributed by atoms with E-state index in [4.69, 9.17) is 14.2 Å². The second-order valence-corrected chi connectivity index (χ2v) is 9.56. The number of benzene rings is 1. The largest absolute Gasteiger partial charge is 0.490 e. The molecule has 5 rings (SSSR count). The normalized spacial score (nSPS) is 16.5. The number of carbonyl (C=O) groups is 2. The minimum absolute atomic E-state index is 0.0489. The highest BCUT2D eigenvalue weighted by Crippen LogP contribution is 2.30. The van der Waals surface area contributed by atoms with Crippen LogP contribution in [0.3, 0.4) is 0 Å². The highest BCUT2D eigenvalue weighted by atomic mass is 16.6. The summed E-state index contributed by atoms with van der Waals surface area (Å²) in [5, 5.41) is 14.4. The molecule has 2 N–H and O–H groups in total. The maximum absolute atomic E-state index is 12.5. The van der Waals surface area contributed by atoms with Crippen molar-refractivity contribution in [3.05, 3.63) is 54.2 Å². The Morgan fingerprint density at radius 3 is 2.97 bits per heavy atom. The molecule has 204 valence electrons. The average molecular weight is 534 g/mol. The predicted molar refractivity (Wildman–Crippen MR) is 144 cm³/mol. The van der Waals surface area contributed by atoms with E-state index in [0.717, 1.165) is 23.4 Å². The minimum Gasteiger partial charge on any atom is -0.490 e. The van der Waals surface area contributed by atoms with Crippen LogP contribution in [0, 0.1) is 0 Å². The monoisotopic (exact) mass is 533 g/mol. The van der Waals surface area contributed by atoms with E-state index in [2.05, 4.69) is 36.8 Å². The van der Waals surface area contributed by atoms with Gasteiger partial charge in [-0.1, -0.05) is 18.2 Å². The molecule has 2 aliphatic heterocycles. The van der Waals surface area contributed by atoms with Gasteiger partial charge in [-0.2, -0.15) is 10.2 Å². The third-order valence-electron chi connectivity index (χ3n) is 6.24. The number of carbonyl (C=O) groups excluding carboxylic acids is 2. The van der Waals surface area contributed by atoms with Crippen molar-refractivity contribution < 1.29 is 23.8 Å². The Labute approximate surface area is 226 Å². The first-order valence-electron chi connectivity index (χ1n) is 12.8. The Hall–Kier alpha value is -4.29. The van der Waals surface area contributed by atoms with Crippen LogP contribution in [0.4, 0.5) is 16.4 Å². The average Bonchev–Trinajstić information content (AvgIpc) is 3.31. The lowest BCUT2D eigenvalue weighted by Crippen LogP contribution is -2.29. The molecule has 0 saturated carbocycles. The summed E-state index contributed by atoms with van der Waals surface area (Å²) >= 11 is 0. The van der Waals surface area contributed by atoms with Crippen LogP contribution in [-0.4, -0.2) is 85.1 Å². The molecule has 2 aromatic heterocycles. The van der Waals surface area contributed by atoms with E-state index in [1.54, 1.807) is 18.3 Å². The van der Waals surface area contributed by atoms with Crippen molar-refractivity contribution in [3.8, 4) is 22.8 Å². The molecule has 0 bridgehead atoms. The highest BCUT2D eigenvalue weighted by Gasteiger charge is 2.33. The molecule has 12 heteroatoms. The van der Waals surface area contributed by atoms with Crippen LogP contribution >= 0.6 is 0 Å². The summed E-state index contributed by atoms with van der Waals surface area (Å²) in [5.74, 6) is 1.60. The molecule has 2 amide bonds. The number of likely N-dealkylation sites (N-methyl/N-ethyl adjacent to an activating group) is 1. The lowest BCUT2D eigenvalue weighted by molar-refractivity contribution is -0.118. The molecule has 0 radical (unpaired) electrons. The summed E-state index contributed by atoms with van der Waals surface area (Å²) in [6.45, 7) is 3.03. The molecule has 12 nitrogen and oxygen atoms in total. The number of amides is 2. The Morgan fingerprint density at radius 1 is 1.21 bits per heavy atom. The van der Waals surface area contributed by atoms with Crippen molar-refractivity contribution in [2.24, 2.45) is 0 Å². The zero-order valence-electron chi connectivity index (χ0n) is 21.9. The van der Waals surface area contributed by atoms with Gasteiger partial charge in [-0.15, -0.1) is 0 Å². The summed E-state index contributed by atoms with van der Waals surface area (Å²) in [4.78, 5) is 31.9. The van der Waals surface area contributed by atoms with Gasteiger partial charge in [0.15, 0.2) is 18.2 Å². The quantitative estimate of drug-likeness (QED) is 0.354. The first-order chi connectivity index (χ1) is 18.9. The fraction of sp³-hybridized carbons (Fsp3) is 0.370. The Kier molecular flexibility index (Phi) is 8.13. The van der Waals surface area contributed by atoms with Crippen LogP contribution in [0.1, 0.15) is 12.0 Å². The second-order valence-electron chi connectivity index (χ2n) is 9.56. The van der Waals surface area contributed by atoms with Crippen molar-refractivity contribution in [1.29, 1.82) is 0 Å². The van der Waals surface area contributed by atoms with Crippen molar-refractivity contribution in [3.63, 3.8) is 0 Å². The van der Waals surface area contributed by atoms with Crippen LogP contribution in [0.25, 0.3) is 11.3 Å². The van der Waals surface area contributed by atoms with E-state index in [-0.39, 0.29) is 18.6 Å². The van der Waals surface area contributed by atoms with Crippen molar-refractivity contribution in [2.45, 2.75) is 19.1 Å². The van der Waals surface area contributed by atoms with Crippen molar-refractivity contribution >= 4 is 23.6 Å². The number of rotatable bonds is 11. The van der Waals surface area contributed by atoms with Gasteiger partial charge in [-0.25, -0.2) is 9.78 Å². The molecule has 1 fully saturated rings. The van der Waals surface area contributed by atoms with E-state index in [1.807, 2.05) is 38.4 Å². The number of pyridine rings is 1. The lowest BCUT2D eigenvalue weighted by Gasteiger charge is -2.19. The van der Waals surface area contributed by atoms with Gasteiger partial charge in [-0.3, -0.25) is 9.69 Å². The highest BCUT2D eigenvalue weighted by molar-refractivity contribution is 5.95. The number of ether oxygens (including phenoxy) is 3. The van der Waals surface area contributed by atoms with Gasteiger partial charge in [0, 0.05) is 24.7 Å². The van der Waals surface area contributed by atoms with E-state index >= 15 is 0 Å². The number of hydrogen-bond donors (Lipinski definition) is 2. The maximum Gasteiger partial charge on any atom is 0.415 e. The van der Waals surface area contributed by atoms with E-state index in [1.165, 1.54) is 4.90 Å². The molecule has 1 saturated heterocycles. The summed E-state index contributed by atoms with van der Waals surface area (Å²) in [5.41, 5.74) is 2.80. The number of hydrogen-bond acceptors (Lipinski definition) is 10. The first-order valence-corrected chi connectivity index (χ1v) is 12.8. The molecule has 2 aliphatic rings. The summed E-state index contributed by atoms with van der Waals surface area (Å²) in [6.07, 6.45) is 1.53. The Morgan fingerprint density at radius 2 is 2.10 bits per heavy atom. The van der Waals surface area contributed by atoms with Gasteiger partial charge in [-0.05, 0) is 50.8 Å². The van der Waals surface area contributed by atoms with Gasteiger partial charge in [0.05, 0.1) is 18.4 Å². The molecule has 1 unspecified atom stereocenters. The third kappa shape index (κ3) is 6.78. The number of aromatic nitrogens is 3. The number of anilines is 2. The van der Waals surface area contributed by atoms with Gasteiger partial charge < -0.3 is 29.7 Å². The van der Waals surface area contributed by atoms with Gasteiger partial charge in [0.2, 0.25) is 0 Å². The molecule has 39 heavy (non-hydrogen) atoms. The van der Waals surface area contributed by atoms with Crippen LogP contribution in [0.5, 0.6) is 11.5 Å². The van der Waals surface area contributed by atoms with E-state index in [0.29, 0.717) is 55.8 Å². The van der Waals surface area contributed by atoms with E-state index in [9.17, 15) is 9.59 Å². The third-order valence-corrected chi connectivity index (χ3v) is 6.24. The van der Waals surface area contributed by atoms with Crippen LogP contribution < -0.4 is 25.0 Å². The summed E-state index contributed by atoms with van der Waals surface area (Å²) < 4.78 is 16.7. The van der Waals surface area contributed by atoms with Crippen molar-refractivity contribution in [2.75, 3.05) is 57.2 Å². The zero-order chi connectivity index (χ0) is 27.2. The van der Waals surface area contributed by atoms with Gasteiger partial charge >= 0.3 is 6.09 Å². The molecule has 3 aromatic rings. The lowest BCUT2D eigenvalue weighted by atomic mass is 10.1. The molecular formula is C27H31N7O5. The fourth-order valence-electron chi connectivity index (χ4n) is 4.21. The van der Waals surface area contributed by atoms with Crippen molar-refractivity contribution in [1.82, 2.24) is 25.4 Å². The van der Waals surface area contributed by atoms with Crippen LogP contribution in [0.15, 0.2) is 48.7 Å².